The van der Waals surface area contributed by atoms with Crippen molar-refractivity contribution >= 4 is 0 Å². The van der Waals surface area contributed by atoms with E-state index in [9.17, 15) is 5.11 Å². The Labute approximate surface area is 121 Å². The molecule has 2 N–H and O–H groups in total. The molecule has 1 aromatic carbocycles. The lowest BCUT2D eigenvalue weighted by atomic mass is 9.87. The molecule has 0 aliphatic heterocycles. The highest BCUT2D eigenvalue weighted by atomic mass is 16.5. The van der Waals surface area contributed by atoms with Crippen LogP contribution in [-0.2, 0) is 11.2 Å². The Kier molecular flexibility index (Phi) is 5.83. The Bertz CT molecular complexity index is 422. The number of fused-ring (bicyclic) bond motifs is 1. The Morgan fingerprint density at radius 2 is 2.25 bits per heavy atom. The second kappa shape index (κ2) is 7.62. The average Bonchev–Trinajstić information content (AvgIpc) is 2.49. The van der Waals surface area contributed by atoms with Crippen molar-refractivity contribution in [2.24, 2.45) is 0 Å². The van der Waals surface area contributed by atoms with Crippen molar-refractivity contribution < 1.29 is 14.6 Å². The highest BCUT2D eigenvalue weighted by Crippen LogP contribution is 2.31. The quantitative estimate of drug-likeness (QED) is 0.802. The summed E-state index contributed by atoms with van der Waals surface area (Å²) in [5.74, 6) is 0.830. The number of hydrogen-bond acceptors (Lipinski definition) is 4. The predicted octanol–water partition coefficient (Wildman–Crippen LogP) is 2.06. The van der Waals surface area contributed by atoms with Crippen molar-refractivity contribution in [3.63, 3.8) is 0 Å². The van der Waals surface area contributed by atoms with Crippen molar-refractivity contribution in [1.29, 1.82) is 0 Å². The number of rotatable bonds is 7. The Balaban J connectivity index is 1.94. The van der Waals surface area contributed by atoms with Crippen molar-refractivity contribution in [3.8, 4) is 5.75 Å². The molecular weight excluding hydrogens is 254 g/mol. The molecule has 2 atom stereocenters. The lowest BCUT2D eigenvalue weighted by Crippen LogP contribution is -2.24. The molecule has 2 unspecified atom stereocenters. The number of hydrogen-bond donors (Lipinski definition) is 2. The molecule has 0 radical (unpaired) electrons. The normalized spacial score (nSPS) is 19.4. The minimum atomic E-state index is -0.573. The van der Waals surface area contributed by atoms with E-state index < -0.39 is 6.10 Å². The van der Waals surface area contributed by atoms with Crippen LogP contribution in [0.4, 0.5) is 0 Å². The molecule has 1 aliphatic carbocycles. The molecular formula is C16H25NO3. The second-order valence-electron chi connectivity index (χ2n) is 5.22. The summed E-state index contributed by atoms with van der Waals surface area (Å²) in [5, 5.41) is 13.1. The summed E-state index contributed by atoms with van der Waals surface area (Å²) in [4.78, 5) is 0. The highest BCUT2D eigenvalue weighted by Gasteiger charge is 2.19. The summed E-state index contributed by atoms with van der Waals surface area (Å²) in [7, 11) is 2.01. The van der Waals surface area contributed by atoms with E-state index in [-0.39, 0.29) is 6.61 Å². The first kappa shape index (κ1) is 15.3. The number of ether oxygens (including phenoxy) is 2. The van der Waals surface area contributed by atoms with Gasteiger partial charge in [-0.2, -0.15) is 0 Å². The van der Waals surface area contributed by atoms with E-state index >= 15 is 0 Å². The summed E-state index contributed by atoms with van der Waals surface area (Å²) in [6, 6.07) is 6.69. The fourth-order valence-corrected chi connectivity index (χ4v) is 2.67. The van der Waals surface area contributed by atoms with E-state index in [4.69, 9.17) is 9.47 Å². The third-order valence-corrected chi connectivity index (χ3v) is 3.73. The summed E-state index contributed by atoms with van der Waals surface area (Å²) >= 11 is 0. The van der Waals surface area contributed by atoms with Gasteiger partial charge in [0.2, 0.25) is 0 Å². The van der Waals surface area contributed by atoms with Crippen LogP contribution in [0.1, 0.15) is 36.9 Å². The van der Waals surface area contributed by atoms with Crippen molar-refractivity contribution in [1.82, 2.24) is 5.32 Å². The molecule has 4 nitrogen and oxygen atoms in total. The van der Waals surface area contributed by atoms with E-state index in [2.05, 4.69) is 17.4 Å². The third kappa shape index (κ3) is 3.95. The van der Waals surface area contributed by atoms with Gasteiger partial charge in [0.15, 0.2) is 0 Å². The van der Waals surface area contributed by atoms with Crippen LogP contribution in [0.3, 0.4) is 0 Å². The second-order valence-corrected chi connectivity index (χ2v) is 5.22. The van der Waals surface area contributed by atoms with Crippen molar-refractivity contribution in [3.05, 3.63) is 29.3 Å². The van der Waals surface area contributed by atoms with E-state index in [1.165, 1.54) is 24.0 Å². The SMILES string of the molecule is CCOCC(O)COc1ccc2c(c1)CCCC2NC. The van der Waals surface area contributed by atoms with E-state index in [0.717, 1.165) is 12.2 Å². The third-order valence-electron chi connectivity index (χ3n) is 3.73. The van der Waals surface area contributed by atoms with E-state index in [0.29, 0.717) is 19.3 Å². The summed E-state index contributed by atoms with van der Waals surface area (Å²) in [6.45, 7) is 3.12. The van der Waals surface area contributed by atoms with Gasteiger partial charge in [-0.3, -0.25) is 0 Å². The number of nitrogens with one attached hydrogen (secondary N) is 1. The molecule has 0 heterocycles. The zero-order valence-electron chi connectivity index (χ0n) is 12.4. The minimum absolute atomic E-state index is 0.272. The number of aryl methyl sites for hydroxylation is 1. The Morgan fingerprint density at radius 1 is 1.40 bits per heavy atom. The van der Waals surface area contributed by atoms with Gasteiger partial charge >= 0.3 is 0 Å². The van der Waals surface area contributed by atoms with Gasteiger partial charge in [0.1, 0.15) is 18.5 Å². The summed E-state index contributed by atoms with van der Waals surface area (Å²) in [5.41, 5.74) is 2.73. The molecule has 2 rings (SSSR count). The molecule has 1 aromatic rings. The van der Waals surface area contributed by atoms with Gasteiger partial charge in [0.25, 0.3) is 0 Å². The summed E-state index contributed by atoms with van der Waals surface area (Å²) in [6.07, 6.45) is 2.92. The van der Waals surface area contributed by atoms with Gasteiger partial charge in [-0.05, 0) is 56.5 Å². The first-order valence-corrected chi connectivity index (χ1v) is 7.43. The van der Waals surface area contributed by atoms with Crippen LogP contribution in [0.15, 0.2) is 18.2 Å². The maximum atomic E-state index is 9.70. The van der Waals surface area contributed by atoms with Crippen LogP contribution in [0.2, 0.25) is 0 Å². The molecule has 20 heavy (non-hydrogen) atoms. The van der Waals surface area contributed by atoms with Gasteiger partial charge in [-0.25, -0.2) is 0 Å². The molecule has 0 bridgehead atoms. The smallest absolute Gasteiger partial charge is 0.119 e. The molecule has 4 heteroatoms. The van der Waals surface area contributed by atoms with Gasteiger partial charge in [0, 0.05) is 12.6 Å². The maximum absolute atomic E-state index is 9.70. The Hall–Kier alpha value is -1.10. The summed E-state index contributed by atoms with van der Waals surface area (Å²) < 4.78 is 10.8. The first-order chi connectivity index (χ1) is 9.74. The minimum Gasteiger partial charge on any atom is -0.491 e. The van der Waals surface area contributed by atoms with Gasteiger partial charge < -0.3 is 19.9 Å². The van der Waals surface area contributed by atoms with Crippen LogP contribution in [-0.4, -0.2) is 38.1 Å². The predicted molar refractivity (Wildman–Crippen MR) is 79.2 cm³/mol. The molecule has 112 valence electrons. The molecule has 0 spiro atoms. The van der Waals surface area contributed by atoms with Crippen LogP contribution in [0, 0.1) is 0 Å². The van der Waals surface area contributed by atoms with Gasteiger partial charge in [-0.15, -0.1) is 0 Å². The number of aliphatic hydroxyl groups excluding tert-OH is 1. The lowest BCUT2D eigenvalue weighted by molar-refractivity contribution is 0.0164. The standard InChI is InChI=1S/C16H25NO3/c1-3-19-10-13(18)11-20-14-7-8-15-12(9-14)5-4-6-16(15)17-2/h7-9,13,16-18H,3-6,10-11H2,1-2H3. The molecule has 0 aromatic heterocycles. The number of benzene rings is 1. The number of aliphatic hydroxyl groups is 1. The molecule has 1 aliphatic rings. The molecule has 0 fully saturated rings. The topological polar surface area (TPSA) is 50.7 Å². The monoisotopic (exact) mass is 279 g/mol. The highest BCUT2D eigenvalue weighted by molar-refractivity contribution is 5.39. The van der Waals surface area contributed by atoms with Crippen molar-refractivity contribution in [2.45, 2.75) is 38.3 Å². The molecule has 0 saturated carbocycles. The van der Waals surface area contributed by atoms with E-state index in [1.54, 1.807) is 0 Å². The van der Waals surface area contributed by atoms with Crippen LogP contribution >= 0.6 is 0 Å². The molecule has 0 amide bonds. The zero-order valence-corrected chi connectivity index (χ0v) is 12.4. The van der Waals surface area contributed by atoms with Crippen molar-refractivity contribution in [2.75, 3.05) is 26.9 Å². The van der Waals surface area contributed by atoms with Crippen LogP contribution in [0.25, 0.3) is 0 Å². The first-order valence-electron chi connectivity index (χ1n) is 7.43. The van der Waals surface area contributed by atoms with Gasteiger partial charge in [0.05, 0.1) is 6.61 Å². The maximum Gasteiger partial charge on any atom is 0.119 e. The van der Waals surface area contributed by atoms with Crippen LogP contribution < -0.4 is 10.1 Å². The fourth-order valence-electron chi connectivity index (χ4n) is 2.67. The van der Waals surface area contributed by atoms with E-state index in [1.807, 2.05) is 20.0 Å². The largest absolute Gasteiger partial charge is 0.491 e. The van der Waals surface area contributed by atoms with Gasteiger partial charge in [-0.1, -0.05) is 6.07 Å². The van der Waals surface area contributed by atoms with Crippen LogP contribution in [0.5, 0.6) is 5.75 Å². The Morgan fingerprint density at radius 3 is 3.00 bits per heavy atom. The average molecular weight is 279 g/mol. The lowest BCUT2D eigenvalue weighted by Gasteiger charge is -2.25. The molecule has 0 saturated heterocycles. The zero-order chi connectivity index (χ0) is 14.4. The fraction of sp³-hybridized carbons (Fsp3) is 0.625.